The third-order valence-corrected chi connectivity index (χ3v) is 3.79. The number of hydrogen-bond acceptors (Lipinski definition) is 4. The van der Waals surface area contributed by atoms with Gasteiger partial charge in [-0.15, -0.1) is 0 Å². The molecule has 20 heavy (non-hydrogen) atoms. The molecule has 0 spiro atoms. The molecule has 0 unspecified atom stereocenters. The number of ether oxygens (including phenoxy) is 1. The Kier molecular flexibility index (Phi) is 5.83. The molecule has 1 fully saturated rings. The molecule has 2 N–H and O–H groups in total. The molecule has 1 aliphatic rings. The van der Waals surface area contributed by atoms with Crippen molar-refractivity contribution >= 4 is 5.69 Å². The molecule has 4 nitrogen and oxygen atoms in total. The van der Waals surface area contributed by atoms with Crippen molar-refractivity contribution in [3.8, 4) is 0 Å². The number of methoxy groups -OCH3 is 1. The van der Waals surface area contributed by atoms with Gasteiger partial charge in [-0.2, -0.15) is 0 Å². The lowest BCUT2D eigenvalue weighted by Crippen LogP contribution is -2.30. The Morgan fingerprint density at radius 2 is 2.15 bits per heavy atom. The van der Waals surface area contributed by atoms with Crippen LogP contribution in [0.25, 0.3) is 0 Å². The average molecular weight is 278 g/mol. The number of anilines is 1. The van der Waals surface area contributed by atoms with Crippen LogP contribution >= 0.6 is 0 Å². The predicted octanol–water partition coefficient (Wildman–Crippen LogP) is 1.69. The first-order chi connectivity index (χ1) is 9.74. The molecule has 1 aliphatic carbocycles. The second-order valence-corrected chi connectivity index (χ2v) is 5.47. The normalized spacial score (nSPS) is 14.6. The minimum absolute atomic E-state index is 0.160. The molecule has 1 aromatic carbocycles. The molecule has 0 radical (unpaired) electrons. The van der Waals surface area contributed by atoms with Crippen LogP contribution in [0.5, 0.6) is 0 Å². The highest BCUT2D eigenvalue weighted by molar-refractivity contribution is 5.51. The van der Waals surface area contributed by atoms with Gasteiger partial charge in [0.05, 0.1) is 13.2 Å². The molecule has 0 bridgehead atoms. The van der Waals surface area contributed by atoms with E-state index in [0.29, 0.717) is 13.2 Å². The van der Waals surface area contributed by atoms with Crippen LogP contribution in [0.4, 0.5) is 5.69 Å². The molecule has 0 aromatic heterocycles. The van der Waals surface area contributed by atoms with E-state index >= 15 is 0 Å². The van der Waals surface area contributed by atoms with E-state index in [1.54, 1.807) is 7.11 Å². The topological polar surface area (TPSA) is 44.7 Å². The van der Waals surface area contributed by atoms with Gasteiger partial charge in [0.1, 0.15) is 0 Å². The van der Waals surface area contributed by atoms with Crippen molar-refractivity contribution in [3.63, 3.8) is 0 Å². The summed E-state index contributed by atoms with van der Waals surface area (Å²) >= 11 is 0. The van der Waals surface area contributed by atoms with Gasteiger partial charge in [-0.1, -0.05) is 6.07 Å². The summed E-state index contributed by atoms with van der Waals surface area (Å²) in [5.41, 5.74) is 3.82. The summed E-state index contributed by atoms with van der Waals surface area (Å²) in [6.07, 6.45) is 2.64. The number of nitrogens with zero attached hydrogens (tertiary/aromatic N) is 1. The van der Waals surface area contributed by atoms with E-state index in [4.69, 9.17) is 4.74 Å². The summed E-state index contributed by atoms with van der Waals surface area (Å²) in [6.45, 7) is 5.38. The summed E-state index contributed by atoms with van der Waals surface area (Å²) in [5, 5.41) is 12.7. The van der Waals surface area contributed by atoms with Gasteiger partial charge >= 0.3 is 0 Å². The Hall–Kier alpha value is -1.10. The summed E-state index contributed by atoms with van der Waals surface area (Å²) in [5.74, 6) is 0. The van der Waals surface area contributed by atoms with Gasteiger partial charge in [0.15, 0.2) is 0 Å². The van der Waals surface area contributed by atoms with E-state index < -0.39 is 0 Å². The molecule has 112 valence electrons. The largest absolute Gasteiger partial charge is 0.395 e. The van der Waals surface area contributed by atoms with Crippen LogP contribution in [-0.2, 0) is 11.3 Å². The van der Waals surface area contributed by atoms with Crippen molar-refractivity contribution < 1.29 is 9.84 Å². The minimum atomic E-state index is 0.160. The number of rotatable bonds is 9. The fourth-order valence-electron chi connectivity index (χ4n) is 2.31. The summed E-state index contributed by atoms with van der Waals surface area (Å²) in [6, 6.07) is 7.27. The molecule has 1 aromatic rings. The Morgan fingerprint density at radius 1 is 1.35 bits per heavy atom. The van der Waals surface area contributed by atoms with E-state index in [1.807, 2.05) is 0 Å². The minimum Gasteiger partial charge on any atom is -0.395 e. The van der Waals surface area contributed by atoms with Crippen molar-refractivity contribution in [3.05, 3.63) is 29.3 Å². The number of aliphatic hydroxyl groups is 1. The lowest BCUT2D eigenvalue weighted by atomic mass is 10.1. The molecular weight excluding hydrogens is 252 g/mol. The van der Waals surface area contributed by atoms with Crippen LogP contribution in [0, 0.1) is 6.92 Å². The van der Waals surface area contributed by atoms with Gasteiger partial charge in [-0.05, 0) is 43.0 Å². The standard InChI is InChI=1S/C16H26N2O2/c1-13-11-16(18(7-9-19)8-10-20-2)6-3-14(13)12-17-15-4-5-15/h3,6,11,15,17,19H,4-5,7-10,12H2,1-2H3. The van der Waals surface area contributed by atoms with E-state index in [2.05, 4.69) is 35.3 Å². The Bertz CT molecular complexity index is 419. The SMILES string of the molecule is COCCN(CCO)c1ccc(CNC2CC2)c(C)c1. The molecule has 0 amide bonds. The van der Waals surface area contributed by atoms with Gasteiger partial charge in [-0.25, -0.2) is 0 Å². The molecular formula is C16H26N2O2. The molecule has 0 heterocycles. The van der Waals surface area contributed by atoms with E-state index in [1.165, 1.54) is 24.0 Å². The van der Waals surface area contributed by atoms with Crippen LogP contribution < -0.4 is 10.2 Å². The van der Waals surface area contributed by atoms with E-state index in [9.17, 15) is 5.11 Å². The van der Waals surface area contributed by atoms with Crippen LogP contribution in [0.15, 0.2) is 18.2 Å². The fourth-order valence-corrected chi connectivity index (χ4v) is 2.31. The first kappa shape index (κ1) is 15.3. The molecule has 0 saturated heterocycles. The van der Waals surface area contributed by atoms with E-state index in [0.717, 1.165) is 24.8 Å². The highest BCUT2D eigenvalue weighted by Gasteiger charge is 2.20. The van der Waals surface area contributed by atoms with Gasteiger partial charge in [0.25, 0.3) is 0 Å². The maximum Gasteiger partial charge on any atom is 0.0637 e. The number of benzene rings is 1. The van der Waals surface area contributed by atoms with Crippen LogP contribution in [0.2, 0.25) is 0 Å². The Balaban J connectivity index is 2.00. The zero-order valence-electron chi connectivity index (χ0n) is 12.6. The van der Waals surface area contributed by atoms with Crippen molar-refractivity contribution in [1.82, 2.24) is 5.32 Å². The highest BCUT2D eigenvalue weighted by Crippen LogP contribution is 2.22. The van der Waals surface area contributed by atoms with E-state index in [-0.39, 0.29) is 6.61 Å². The smallest absolute Gasteiger partial charge is 0.0637 e. The van der Waals surface area contributed by atoms with Gasteiger partial charge in [0.2, 0.25) is 0 Å². The summed E-state index contributed by atoms with van der Waals surface area (Å²) in [4.78, 5) is 2.16. The zero-order valence-corrected chi connectivity index (χ0v) is 12.6. The molecule has 4 heteroatoms. The van der Waals surface area contributed by atoms with Crippen molar-refractivity contribution in [2.45, 2.75) is 32.4 Å². The Morgan fingerprint density at radius 3 is 2.75 bits per heavy atom. The maximum atomic E-state index is 9.18. The van der Waals surface area contributed by atoms with Crippen LogP contribution in [0.1, 0.15) is 24.0 Å². The number of aryl methyl sites for hydroxylation is 1. The van der Waals surface area contributed by atoms with Crippen molar-refractivity contribution in [2.75, 3.05) is 38.3 Å². The first-order valence-corrected chi connectivity index (χ1v) is 7.42. The van der Waals surface area contributed by atoms with Crippen LogP contribution in [0.3, 0.4) is 0 Å². The average Bonchev–Trinajstić information content (AvgIpc) is 3.26. The summed E-state index contributed by atoms with van der Waals surface area (Å²) in [7, 11) is 1.70. The van der Waals surface area contributed by atoms with Crippen LogP contribution in [-0.4, -0.2) is 44.6 Å². The number of hydrogen-bond donors (Lipinski definition) is 2. The number of nitrogens with one attached hydrogen (secondary N) is 1. The second-order valence-electron chi connectivity index (χ2n) is 5.47. The number of aliphatic hydroxyl groups excluding tert-OH is 1. The fraction of sp³-hybridized carbons (Fsp3) is 0.625. The summed E-state index contributed by atoms with van der Waals surface area (Å²) < 4.78 is 5.13. The van der Waals surface area contributed by atoms with Crippen molar-refractivity contribution in [2.24, 2.45) is 0 Å². The Labute approximate surface area is 121 Å². The third-order valence-electron chi connectivity index (χ3n) is 3.79. The second kappa shape index (κ2) is 7.62. The molecule has 0 atom stereocenters. The monoisotopic (exact) mass is 278 g/mol. The molecule has 1 saturated carbocycles. The van der Waals surface area contributed by atoms with Gasteiger partial charge < -0.3 is 20.1 Å². The quantitative estimate of drug-likeness (QED) is 0.721. The zero-order chi connectivity index (χ0) is 14.4. The third kappa shape index (κ3) is 4.47. The first-order valence-electron chi connectivity index (χ1n) is 7.42. The predicted molar refractivity (Wildman–Crippen MR) is 82.2 cm³/mol. The highest BCUT2D eigenvalue weighted by atomic mass is 16.5. The molecule has 0 aliphatic heterocycles. The lowest BCUT2D eigenvalue weighted by Gasteiger charge is -2.24. The van der Waals surface area contributed by atoms with Gasteiger partial charge in [0, 0.05) is 38.5 Å². The maximum absolute atomic E-state index is 9.18. The molecule has 2 rings (SSSR count). The lowest BCUT2D eigenvalue weighted by molar-refractivity contribution is 0.203. The van der Waals surface area contributed by atoms with Crippen molar-refractivity contribution in [1.29, 1.82) is 0 Å². The van der Waals surface area contributed by atoms with Gasteiger partial charge in [-0.3, -0.25) is 0 Å².